The first-order valence-electron chi connectivity index (χ1n) is 7.22. The smallest absolute Gasteiger partial charge is 0.270 e. The Hall–Kier alpha value is -3.17. The van der Waals surface area contributed by atoms with Crippen LogP contribution in [0.15, 0.2) is 66.0 Å². The molecule has 0 radical (unpaired) electrons. The summed E-state index contributed by atoms with van der Waals surface area (Å²) in [6.07, 6.45) is 0. The van der Waals surface area contributed by atoms with Gasteiger partial charge in [-0.15, -0.1) is 11.3 Å². The Morgan fingerprint density at radius 2 is 1.92 bits per heavy atom. The molecular weight excluding hydrogens is 322 g/mol. The molecule has 0 aliphatic heterocycles. The highest BCUT2D eigenvalue weighted by molar-refractivity contribution is 7.10. The van der Waals surface area contributed by atoms with Gasteiger partial charge in [0.1, 0.15) is 6.07 Å². The number of nitrogens with one attached hydrogen (secondary N) is 1. The minimum Gasteiger partial charge on any atom is -0.372 e. The number of rotatable bonds is 5. The molecule has 0 saturated heterocycles. The number of anilines is 1. The molecule has 3 rings (SSSR count). The Morgan fingerprint density at radius 1 is 1.12 bits per heavy atom. The third-order valence-electron chi connectivity index (χ3n) is 3.59. The second kappa shape index (κ2) is 6.94. The topological polar surface area (TPSA) is 79.0 Å². The van der Waals surface area contributed by atoms with E-state index in [2.05, 4.69) is 5.32 Å². The molecule has 0 aliphatic carbocycles. The van der Waals surface area contributed by atoms with E-state index < -0.39 is 4.92 Å². The van der Waals surface area contributed by atoms with E-state index in [1.165, 1.54) is 12.1 Å². The summed E-state index contributed by atoms with van der Waals surface area (Å²) in [4.78, 5) is 11.5. The fourth-order valence-electron chi connectivity index (χ4n) is 2.44. The number of benzene rings is 2. The van der Waals surface area contributed by atoms with E-state index in [0.717, 1.165) is 10.4 Å². The van der Waals surface area contributed by atoms with Crippen LogP contribution < -0.4 is 5.32 Å². The lowest BCUT2D eigenvalue weighted by molar-refractivity contribution is -0.384. The maximum Gasteiger partial charge on any atom is 0.270 e. The predicted molar refractivity (Wildman–Crippen MR) is 94.0 cm³/mol. The summed E-state index contributed by atoms with van der Waals surface area (Å²) < 4.78 is 0. The van der Waals surface area contributed by atoms with Crippen LogP contribution in [0.5, 0.6) is 0 Å². The van der Waals surface area contributed by atoms with Crippen molar-refractivity contribution in [3.05, 3.63) is 92.2 Å². The van der Waals surface area contributed by atoms with Crippen LogP contribution in [0.4, 0.5) is 11.4 Å². The number of thiophene rings is 1. The average molecular weight is 335 g/mol. The molecule has 5 nitrogen and oxygen atoms in total. The minimum absolute atomic E-state index is 0.0931. The van der Waals surface area contributed by atoms with Crippen LogP contribution in [-0.2, 0) is 0 Å². The van der Waals surface area contributed by atoms with Crippen molar-refractivity contribution in [1.29, 1.82) is 5.26 Å². The molecule has 24 heavy (non-hydrogen) atoms. The van der Waals surface area contributed by atoms with Gasteiger partial charge in [0.05, 0.1) is 22.2 Å². The quantitative estimate of drug-likeness (QED) is 0.540. The molecule has 0 aliphatic rings. The number of nitriles is 1. The number of hydrogen-bond donors (Lipinski definition) is 1. The predicted octanol–water partition coefficient (Wildman–Crippen LogP) is 4.73. The van der Waals surface area contributed by atoms with Gasteiger partial charge < -0.3 is 5.32 Å². The fourth-order valence-corrected chi connectivity index (χ4v) is 3.24. The summed E-state index contributed by atoms with van der Waals surface area (Å²) in [5.74, 6) is 0. The lowest BCUT2D eigenvalue weighted by Gasteiger charge is -2.20. The molecule has 3 aromatic rings. The highest BCUT2D eigenvalue weighted by atomic mass is 32.1. The Labute approximate surface area is 143 Å². The highest BCUT2D eigenvalue weighted by Gasteiger charge is 2.18. The minimum atomic E-state index is -0.501. The third kappa shape index (κ3) is 3.26. The Balaban J connectivity index is 2.00. The van der Waals surface area contributed by atoms with Crippen molar-refractivity contribution >= 4 is 22.7 Å². The molecule has 1 aromatic heterocycles. The summed E-state index contributed by atoms with van der Waals surface area (Å²) in [6, 6.07) is 20.0. The number of non-ortho nitro benzene ring substituents is 1. The molecule has 0 spiro atoms. The number of nitro benzene ring substituents is 1. The SMILES string of the molecule is N#Cc1cc([N+](=O)[O-])ccc1N[C@H](c1ccccc1)c1cccs1. The van der Waals surface area contributed by atoms with E-state index >= 15 is 0 Å². The average Bonchev–Trinajstić information content (AvgIpc) is 3.14. The van der Waals surface area contributed by atoms with E-state index in [-0.39, 0.29) is 17.3 Å². The first-order chi connectivity index (χ1) is 11.7. The largest absolute Gasteiger partial charge is 0.372 e. The Morgan fingerprint density at radius 3 is 2.54 bits per heavy atom. The maximum absolute atomic E-state index is 10.9. The molecule has 0 fully saturated rings. The van der Waals surface area contributed by atoms with Crippen molar-refractivity contribution in [2.24, 2.45) is 0 Å². The zero-order valence-electron chi connectivity index (χ0n) is 12.5. The first-order valence-corrected chi connectivity index (χ1v) is 8.10. The highest BCUT2D eigenvalue weighted by Crippen LogP contribution is 2.32. The third-order valence-corrected chi connectivity index (χ3v) is 4.53. The van der Waals surface area contributed by atoms with Crippen LogP contribution in [0.1, 0.15) is 22.0 Å². The summed E-state index contributed by atoms with van der Waals surface area (Å²) in [7, 11) is 0. The van der Waals surface area contributed by atoms with Crippen molar-refractivity contribution in [2.75, 3.05) is 5.32 Å². The van der Waals surface area contributed by atoms with E-state index in [1.807, 2.05) is 53.9 Å². The maximum atomic E-state index is 10.9. The molecule has 2 aromatic carbocycles. The van der Waals surface area contributed by atoms with E-state index in [1.54, 1.807) is 17.4 Å². The molecule has 0 bridgehead atoms. The van der Waals surface area contributed by atoms with Crippen molar-refractivity contribution in [1.82, 2.24) is 0 Å². The number of hydrogen-bond acceptors (Lipinski definition) is 5. The lowest BCUT2D eigenvalue weighted by Crippen LogP contribution is -2.12. The van der Waals surface area contributed by atoms with Gasteiger partial charge in [-0.1, -0.05) is 36.4 Å². The van der Waals surface area contributed by atoms with Crippen LogP contribution in [0, 0.1) is 21.4 Å². The normalized spacial score (nSPS) is 11.5. The Kier molecular flexibility index (Phi) is 4.54. The monoisotopic (exact) mass is 335 g/mol. The van der Waals surface area contributed by atoms with Crippen LogP contribution >= 0.6 is 11.3 Å². The summed E-state index contributed by atoms with van der Waals surface area (Å²) >= 11 is 1.61. The molecule has 1 N–H and O–H groups in total. The molecule has 0 amide bonds. The van der Waals surface area contributed by atoms with E-state index in [0.29, 0.717) is 5.69 Å². The van der Waals surface area contributed by atoms with Gasteiger partial charge in [-0.2, -0.15) is 5.26 Å². The lowest BCUT2D eigenvalue weighted by atomic mass is 10.0. The van der Waals surface area contributed by atoms with Crippen molar-refractivity contribution in [3.8, 4) is 6.07 Å². The summed E-state index contributed by atoms with van der Waals surface area (Å²) in [5, 5.41) is 25.6. The number of nitrogens with zero attached hydrogens (tertiary/aromatic N) is 2. The van der Waals surface area contributed by atoms with Gasteiger partial charge in [-0.3, -0.25) is 10.1 Å². The molecule has 6 heteroatoms. The standard InChI is InChI=1S/C18H13N3O2S/c19-12-14-11-15(21(22)23)8-9-16(14)20-18(17-7-4-10-24-17)13-5-2-1-3-6-13/h1-11,18,20H/t18-/m1/s1. The van der Waals surface area contributed by atoms with Crippen LogP contribution in [0.3, 0.4) is 0 Å². The first kappa shape index (κ1) is 15.7. The Bertz CT molecular complexity index is 886. The fraction of sp³-hybridized carbons (Fsp3) is 0.0556. The van der Waals surface area contributed by atoms with Crippen molar-refractivity contribution in [2.45, 2.75) is 6.04 Å². The molecular formula is C18H13N3O2S. The van der Waals surface area contributed by atoms with Gasteiger partial charge in [0.15, 0.2) is 0 Å². The van der Waals surface area contributed by atoms with Crippen LogP contribution in [0.25, 0.3) is 0 Å². The molecule has 1 atom stereocenters. The van der Waals surface area contributed by atoms with Crippen LogP contribution in [-0.4, -0.2) is 4.92 Å². The zero-order valence-corrected chi connectivity index (χ0v) is 13.4. The van der Waals surface area contributed by atoms with Gasteiger partial charge in [0.2, 0.25) is 0 Å². The van der Waals surface area contributed by atoms with Crippen molar-refractivity contribution < 1.29 is 4.92 Å². The second-order valence-electron chi connectivity index (χ2n) is 5.10. The van der Waals surface area contributed by atoms with Gasteiger partial charge in [0.25, 0.3) is 5.69 Å². The number of nitro groups is 1. The molecule has 1 heterocycles. The molecule has 0 unspecified atom stereocenters. The molecule has 118 valence electrons. The van der Waals surface area contributed by atoms with Gasteiger partial charge in [0, 0.05) is 17.0 Å². The van der Waals surface area contributed by atoms with E-state index in [4.69, 9.17) is 0 Å². The second-order valence-corrected chi connectivity index (χ2v) is 6.08. The zero-order chi connectivity index (χ0) is 16.9. The van der Waals surface area contributed by atoms with Gasteiger partial charge in [-0.25, -0.2) is 0 Å². The van der Waals surface area contributed by atoms with Gasteiger partial charge >= 0.3 is 0 Å². The van der Waals surface area contributed by atoms with Gasteiger partial charge in [-0.05, 0) is 23.1 Å². The van der Waals surface area contributed by atoms with Crippen molar-refractivity contribution in [3.63, 3.8) is 0 Å². The summed E-state index contributed by atoms with van der Waals surface area (Å²) in [6.45, 7) is 0. The van der Waals surface area contributed by atoms with E-state index in [9.17, 15) is 15.4 Å². The summed E-state index contributed by atoms with van der Waals surface area (Å²) in [5.41, 5.74) is 1.79. The molecule has 0 saturated carbocycles. The van der Waals surface area contributed by atoms with Crippen LogP contribution in [0.2, 0.25) is 0 Å².